The normalized spacial score (nSPS) is 18.7. The number of rotatable bonds is 4. The molecule has 0 amide bonds. The summed E-state index contributed by atoms with van der Waals surface area (Å²) in [7, 11) is 0. The van der Waals surface area contributed by atoms with E-state index in [4.69, 9.17) is 18.9 Å². The van der Waals surface area contributed by atoms with E-state index in [1.54, 1.807) is 10.8 Å². The van der Waals surface area contributed by atoms with E-state index < -0.39 is 46.8 Å². The Bertz CT molecular complexity index is 1080. The first kappa shape index (κ1) is 27.8. The summed E-state index contributed by atoms with van der Waals surface area (Å²) in [6.45, 7) is 5.82. The van der Waals surface area contributed by atoms with Crippen molar-refractivity contribution in [1.29, 1.82) is 0 Å². The monoisotopic (exact) mass is 566 g/mol. The van der Waals surface area contributed by atoms with E-state index in [1.165, 1.54) is 62.8 Å². The largest absolute Gasteiger partial charge is 2.00 e. The number of cyclic esters (lactones) is 2. The Hall–Kier alpha value is -3.43. The Labute approximate surface area is 216 Å². The summed E-state index contributed by atoms with van der Waals surface area (Å²) in [4.78, 5) is 30.5. The Balaban J connectivity index is 0.000000240. The van der Waals surface area contributed by atoms with E-state index in [0.29, 0.717) is 10.3 Å². The molecule has 0 saturated heterocycles. The van der Waals surface area contributed by atoms with Gasteiger partial charge in [-0.2, -0.15) is 0 Å². The predicted octanol–water partition coefficient (Wildman–Crippen LogP) is 2.13. The summed E-state index contributed by atoms with van der Waals surface area (Å²) in [6.07, 6.45) is 3.06. The van der Waals surface area contributed by atoms with Crippen LogP contribution in [-0.2, 0) is 45.0 Å². The van der Waals surface area contributed by atoms with Crippen LogP contribution in [-0.4, -0.2) is 33.5 Å². The van der Waals surface area contributed by atoms with Gasteiger partial charge in [0.15, 0.2) is 23.0 Å². The minimum absolute atomic E-state index is 0. The van der Waals surface area contributed by atoms with E-state index >= 15 is 0 Å². The number of ether oxygens (including phenoxy) is 4. The van der Waals surface area contributed by atoms with E-state index in [0.717, 1.165) is 0 Å². The fraction of sp³-hybridized carbons (Fsp3) is 0.333. The average Bonchev–Trinajstić information content (AvgIpc) is 3.39. The van der Waals surface area contributed by atoms with Crippen LogP contribution in [0.2, 0.25) is 0 Å². The first-order valence-corrected chi connectivity index (χ1v) is 11.0. The van der Waals surface area contributed by atoms with Crippen LogP contribution in [0, 0.1) is 0 Å². The number of aromatic nitrogens is 2. The first-order valence-electron chi connectivity index (χ1n) is 9.25. The molecule has 2 aromatic heterocycles. The molecule has 188 valence electrons. The van der Waals surface area contributed by atoms with Crippen LogP contribution in [0.1, 0.15) is 27.7 Å². The van der Waals surface area contributed by atoms with Crippen molar-refractivity contribution in [3.8, 4) is 0 Å². The molecule has 0 fully saturated rings. The molecule has 0 spiro atoms. The van der Waals surface area contributed by atoms with Crippen molar-refractivity contribution >= 4 is 44.9 Å². The molecule has 0 aliphatic carbocycles. The van der Waals surface area contributed by atoms with Gasteiger partial charge in [0, 0.05) is 23.2 Å². The van der Waals surface area contributed by atoms with Crippen LogP contribution in [0.5, 0.6) is 0 Å². The van der Waals surface area contributed by atoms with Gasteiger partial charge in [-0.15, -0.1) is 43.1 Å². The number of esters is 2. The molecular formula is C18H16N6NiO8S2. The van der Waals surface area contributed by atoms with Crippen LogP contribution < -0.4 is 10.2 Å². The molecule has 2 aromatic rings. The van der Waals surface area contributed by atoms with Crippen LogP contribution in [0.3, 0.4) is 0 Å². The molecule has 2 aliphatic rings. The number of thiazole rings is 2. The van der Waals surface area contributed by atoms with Crippen LogP contribution in [0.25, 0.3) is 0 Å². The van der Waals surface area contributed by atoms with Gasteiger partial charge in [0.25, 0.3) is 0 Å². The molecule has 0 radical (unpaired) electrons. The van der Waals surface area contributed by atoms with E-state index in [9.17, 15) is 19.8 Å². The van der Waals surface area contributed by atoms with Crippen LogP contribution in [0.15, 0.2) is 66.9 Å². The molecule has 0 bridgehead atoms. The molecule has 14 nitrogen and oxygen atoms in total. The predicted molar refractivity (Wildman–Crippen MR) is 110 cm³/mol. The van der Waals surface area contributed by atoms with Gasteiger partial charge < -0.3 is 29.2 Å². The summed E-state index contributed by atoms with van der Waals surface area (Å²) in [5, 5.41) is 41.2. The minimum atomic E-state index is -1.27. The summed E-state index contributed by atoms with van der Waals surface area (Å²) in [6, 6.07) is 0. The number of carbonyl (C=O) groups excluding carboxylic acids is 2. The molecule has 17 heteroatoms. The molecule has 4 heterocycles. The molecule has 0 N–H and O–H groups in total. The van der Waals surface area contributed by atoms with Gasteiger partial charge in [0.2, 0.25) is 10.3 Å². The van der Waals surface area contributed by atoms with Gasteiger partial charge in [-0.25, -0.2) is 19.6 Å². The summed E-state index contributed by atoms with van der Waals surface area (Å²) >= 11 is 2.45. The van der Waals surface area contributed by atoms with Gasteiger partial charge in [0.1, 0.15) is 0 Å². The van der Waals surface area contributed by atoms with Crippen molar-refractivity contribution in [3.05, 3.63) is 46.4 Å². The molecule has 35 heavy (non-hydrogen) atoms. The zero-order valence-corrected chi connectivity index (χ0v) is 21.0. The molecule has 0 unspecified atom stereocenters. The van der Waals surface area contributed by atoms with Gasteiger partial charge >= 0.3 is 28.4 Å². The first-order chi connectivity index (χ1) is 16.0. The third-order valence-corrected chi connectivity index (χ3v) is 4.75. The zero-order chi connectivity index (χ0) is 24.9. The quantitative estimate of drug-likeness (QED) is 0.300. The van der Waals surface area contributed by atoms with E-state index in [-0.39, 0.29) is 16.5 Å². The maximum Gasteiger partial charge on any atom is 2.00 e. The van der Waals surface area contributed by atoms with E-state index in [1.807, 2.05) is 0 Å². The second-order valence-corrected chi connectivity index (χ2v) is 8.83. The third kappa shape index (κ3) is 7.80. The van der Waals surface area contributed by atoms with Crippen LogP contribution in [0.4, 0.5) is 10.3 Å². The maximum absolute atomic E-state index is 11.4. The molecule has 0 saturated carbocycles. The van der Waals surface area contributed by atoms with E-state index in [2.05, 4.69) is 30.4 Å². The van der Waals surface area contributed by atoms with Crippen molar-refractivity contribution in [2.24, 2.45) is 20.5 Å². The molecule has 0 aromatic carbocycles. The summed E-state index contributed by atoms with van der Waals surface area (Å²) in [5.74, 6) is -5.96. The average molecular weight is 567 g/mol. The number of hydrogen-bond acceptors (Lipinski definition) is 16. The molecule has 2 aliphatic heterocycles. The van der Waals surface area contributed by atoms with Crippen molar-refractivity contribution in [1.82, 2.24) is 9.97 Å². The Morgan fingerprint density at radius 3 is 1.37 bits per heavy atom. The van der Waals surface area contributed by atoms with Gasteiger partial charge in [-0.1, -0.05) is 0 Å². The van der Waals surface area contributed by atoms with Crippen LogP contribution >= 0.6 is 22.7 Å². The fourth-order valence-corrected chi connectivity index (χ4v) is 3.08. The third-order valence-electron chi connectivity index (χ3n) is 3.44. The van der Waals surface area contributed by atoms with Crippen molar-refractivity contribution in [2.45, 2.75) is 39.3 Å². The second-order valence-electron chi connectivity index (χ2n) is 7.08. The number of hydrogen-bond donors (Lipinski definition) is 0. The molecular weight excluding hydrogens is 551 g/mol. The van der Waals surface area contributed by atoms with Crippen molar-refractivity contribution in [3.63, 3.8) is 0 Å². The second kappa shape index (κ2) is 11.3. The van der Waals surface area contributed by atoms with Crippen molar-refractivity contribution in [2.75, 3.05) is 0 Å². The standard InChI is InChI=1S/2C9H9N3O4S.Ni/c2*1-9(2)15-6(13)5(7(14)16-9)11-12-8-10-3-4-17-8;/h2*3-4,13H,1-2H3;/q;;+2/p-2. The maximum atomic E-state index is 11.4. The number of nitrogens with zero attached hydrogens (tertiary/aromatic N) is 6. The minimum Gasteiger partial charge on any atom is -0.573 e. The Morgan fingerprint density at radius 2 is 1.09 bits per heavy atom. The van der Waals surface area contributed by atoms with Crippen molar-refractivity contribution < 1.29 is 55.2 Å². The molecule has 4 rings (SSSR count). The Morgan fingerprint density at radius 1 is 0.714 bits per heavy atom. The molecule has 0 atom stereocenters. The fourth-order valence-electron chi connectivity index (χ4n) is 2.17. The van der Waals surface area contributed by atoms with Gasteiger partial charge in [-0.05, 0) is 27.7 Å². The summed E-state index contributed by atoms with van der Waals surface area (Å²) in [5.41, 5.74) is -0.973. The van der Waals surface area contributed by atoms with Gasteiger partial charge in [-0.3, -0.25) is 0 Å². The Kier molecular flexibility index (Phi) is 9.01. The topological polar surface area (TPSA) is 192 Å². The summed E-state index contributed by atoms with van der Waals surface area (Å²) < 4.78 is 19.3. The van der Waals surface area contributed by atoms with Gasteiger partial charge in [0.05, 0.1) is 11.9 Å². The number of carbonyl (C=O) groups is 2. The SMILES string of the molecule is CC1(C)OC(=O)C(N=Nc2nccs2)=C([O-])O1.CC1(C)OC(=O)C(N=Nc2nccs2)=C([O-])O1.[Ni+2]. The zero-order valence-electron chi connectivity index (χ0n) is 18.4. The number of azo groups is 2. The smallest absolute Gasteiger partial charge is 0.573 e.